The van der Waals surface area contributed by atoms with Crippen molar-refractivity contribution in [2.45, 2.75) is 6.92 Å². The van der Waals surface area contributed by atoms with Crippen LogP contribution in [0.2, 0.25) is 5.02 Å². The Morgan fingerprint density at radius 2 is 2.00 bits per heavy atom. The van der Waals surface area contributed by atoms with Crippen LogP contribution in [0, 0.1) is 6.92 Å². The van der Waals surface area contributed by atoms with E-state index in [-0.39, 0.29) is 16.1 Å². The molecule has 1 aromatic carbocycles. The van der Waals surface area contributed by atoms with Gasteiger partial charge in [-0.25, -0.2) is 4.79 Å². The number of aromatic nitrogens is 1. The maximum absolute atomic E-state index is 12.1. The van der Waals surface area contributed by atoms with Crippen molar-refractivity contribution < 1.29 is 14.7 Å². The minimum atomic E-state index is -1.09. The maximum atomic E-state index is 12.1. The first-order valence-corrected chi connectivity index (χ1v) is 7.02. The number of anilines is 1. The van der Waals surface area contributed by atoms with E-state index in [1.165, 1.54) is 12.3 Å². The molecule has 1 aromatic heterocycles. The number of pyridine rings is 1. The van der Waals surface area contributed by atoms with Gasteiger partial charge in [-0.1, -0.05) is 11.6 Å². The lowest BCUT2D eigenvalue weighted by Crippen LogP contribution is -2.13. The van der Waals surface area contributed by atoms with Gasteiger partial charge in [0, 0.05) is 22.1 Å². The molecule has 1 heterocycles. The van der Waals surface area contributed by atoms with Gasteiger partial charge in [-0.15, -0.1) is 0 Å². The Morgan fingerprint density at radius 1 is 1.29 bits per heavy atom. The van der Waals surface area contributed by atoms with E-state index < -0.39 is 11.9 Å². The molecule has 0 saturated carbocycles. The van der Waals surface area contributed by atoms with Crippen LogP contribution in [0.3, 0.4) is 0 Å². The third kappa shape index (κ3) is 3.59. The highest BCUT2D eigenvalue weighted by atomic mass is 79.9. The van der Waals surface area contributed by atoms with Gasteiger partial charge in [-0.3, -0.25) is 9.78 Å². The molecule has 0 aliphatic carbocycles. The number of carbonyl (C=O) groups is 2. The van der Waals surface area contributed by atoms with E-state index in [4.69, 9.17) is 16.7 Å². The third-order valence-corrected chi connectivity index (χ3v) is 3.69. The van der Waals surface area contributed by atoms with E-state index in [9.17, 15) is 9.59 Å². The van der Waals surface area contributed by atoms with E-state index in [0.717, 1.165) is 0 Å². The van der Waals surface area contributed by atoms with Crippen LogP contribution in [0.4, 0.5) is 5.69 Å². The van der Waals surface area contributed by atoms with Crippen LogP contribution < -0.4 is 5.32 Å². The van der Waals surface area contributed by atoms with Gasteiger partial charge < -0.3 is 10.4 Å². The molecule has 0 spiro atoms. The molecule has 0 aliphatic heterocycles. The first-order valence-electron chi connectivity index (χ1n) is 5.85. The zero-order valence-corrected chi connectivity index (χ0v) is 13.2. The minimum Gasteiger partial charge on any atom is -0.478 e. The smallest absolute Gasteiger partial charge is 0.336 e. The van der Waals surface area contributed by atoms with Crippen molar-refractivity contribution in [1.29, 1.82) is 0 Å². The van der Waals surface area contributed by atoms with Gasteiger partial charge in [0.1, 0.15) is 0 Å². The first-order chi connectivity index (χ1) is 9.88. The number of nitrogens with zero attached hydrogens (tertiary/aromatic N) is 1. The Hall–Kier alpha value is -1.92. The quantitative estimate of drug-likeness (QED) is 0.863. The number of nitrogens with one attached hydrogen (secondary N) is 1. The van der Waals surface area contributed by atoms with Crippen LogP contribution in [0.1, 0.15) is 26.4 Å². The second kappa shape index (κ2) is 6.24. The molecule has 0 fully saturated rings. The lowest BCUT2D eigenvalue weighted by Gasteiger charge is -2.08. The van der Waals surface area contributed by atoms with E-state index in [2.05, 4.69) is 26.2 Å². The van der Waals surface area contributed by atoms with Gasteiger partial charge in [0.25, 0.3) is 5.91 Å². The normalized spacial score (nSPS) is 10.2. The number of amides is 1. The standard InChI is InChI=1S/C14H10BrClN2O3/c1-7-4-12(16)10(6-17-7)13(19)18-8-2-3-11(15)9(5-8)14(20)21/h2-6H,1H3,(H,18,19)(H,20,21). The Labute approximate surface area is 134 Å². The molecule has 5 nitrogen and oxygen atoms in total. The van der Waals surface area contributed by atoms with Crippen LogP contribution >= 0.6 is 27.5 Å². The number of hydrogen-bond acceptors (Lipinski definition) is 3. The van der Waals surface area contributed by atoms with Crippen molar-refractivity contribution in [3.05, 3.63) is 56.8 Å². The predicted octanol–water partition coefficient (Wildman–Crippen LogP) is 3.76. The summed E-state index contributed by atoms with van der Waals surface area (Å²) in [5.74, 6) is -1.54. The number of carboxylic acids is 1. The molecule has 2 aromatic rings. The number of benzene rings is 1. The average Bonchev–Trinajstić information content (AvgIpc) is 2.40. The molecule has 108 valence electrons. The Morgan fingerprint density at radius 3 is 2.62 bits per heavy atom. The zero-order chi connectivity index (χ0) is 15.6. The number of aromatic carboxylic acids is 1. The number of carboxylic acid groups (broad SMARTS) is 1. The molecule has 2 N–H and O–H groups in total. The fourth-order valence-electron chi connectivity index (χ4n) is 1.66. The first kappa shape index (κ1) is 15.5. The summed E-state index contributed by atoms with van der Waals surface area (Å²) in [6.07, 6.45) is 1.38. The fourth-order valence-corrected chi connectivity index (χ4v) is 2.37. The van der Waals surface area contributed by atoms with Crippen molar-refractivity contribution >= 4 is 45.1 Å². The molecule has 0 aliphatic rings. The highest BCUT2D eigenvalue weighted by Crippen LogP contribution is 2.23. The number of hydrogen-bond donors (Lipinski definition) is 2. The highest BCUT2D eigenvalue weighted by molar-refractivity contribution is 9.10. The largest absolute Gasteiger partial charge is 0.478 e. The number of halogens is 2. The van der Waals surface area contributed by atoms with Gasteiger partial charge in [0.15, 0.2) is 0 Å². The molecule has 2 rings (SSSR count). The van der Waals surface area contributed by atoms with E-state index >= 15 is 0 Å². The average molecular weight is 370 g/mol. The van der Waals surface area contributed by atoms with Gasteiger partial charge in [0.05, 0.1) is 16.1 Å². The molecule has 0 atom stereocenters. The molecular formula is C14H10BrClN2O3. The lowest BCUT2D eigenvalue weighted by molar-refractivity contribution is 0.0695. The molecule has 0 unspecified atom stereocenters. The second-order valence-corrected chi connectivity index (χ2v) is 5.52. The summed E-state index contributed by atoms with van der Waals surface area (Å²) in [6.45, 7) is 1.77. The van der Waals surface area contributed by atoms with Crippen molar-refractivity contribution in [2.75, 3.05) is 5.32 Å². The van der Waals surface area contributed by atoms with Crippen molar-refractivity contribution in [3.63, 3.8) is 0 Å². The van der Waals surface area contributed by atoms with Crippen molar-refractivity contribution in [2.24, 2.45) is 0 Å². The van der Waals surface area contributed by atoms with Crippen LogP contribution in [0.25, 0.3) is 0 Å². The summed E-state index contributed by atoms with van der Waals surface area (Å²) in [7, 11) is 0. The molecule has 1 amide bonds. The minimum absolute atomic E-state index is 0.0564. The van der Waals surface area contributed by atoms with Crippen LogP contribution in [-0.4, -0.2) is 22.0 Å². The maximum Gasteiger partial charge on any atom is 0.336 e. The zero-order valence-electron chi connectivity index (χ0n) is 10.9. The number of aryl methyl sites for hydroxylation is 1. The molecule has 0 bridgehead atoms. The van der Waals surface area contributed by atoms with Crippen molar-refractivity contribution in [3.8, 4) is 0 Å². The van der Waals surface area contributed by atoms with Gasteiger partial charge in [0.2, 0.25) is 0 Å². The van der Waals surface area contributed by atoms with Crippen LogP contribution in [0.5, 0.6) is 0 Å². The van der Waals surface area contributed by atoms with Gasteiger partial charge >= 0.3 is 5.97 Å². The number of carbonyl (C=O) groups excluding carboxylic acids is 1. The summed E-state index contributed by atoms with van der Waals surface area (Å²) in [5, 5.41) is 11.9. The van der Waals surface area contributed by atoms with Gasteiger partial charge in [-0.2, -0.15) is 0 Å². The summed E-state index contributed by atoms with van der Waals surface area (Å²) in [4.78, 5) is 27.2. The Balaban J connectivity index is 2.27. The third-order valence-electron chi connectivity index (χ3n) is 2.69. The summed E-state index contributed by atoms with van der Waals surface area (Å²) in [5.41, 5.74) is 1.34. The predicted molar refractivity (Wildman–Crippen MR) is 83.0 cm³/mol. The van der Waals surface area contributed by atoms with Gasteiger partial charge in [-0.05, 0) is 47.1 Å². The Kier molecular flexibility index (Phi) is 4.59. The topological polar surface area (TPSA) is 79.3 Å². The highest BCUT2D eigenvalue weighted by Gasteiger charge is 2.14. The fraction of sp³-hybridized carbons (Fsp3) is 0.0714. The summed E-state index contributed by atoms with van der Waals surface area (Å²) >= 11 is 9.13. The Bertz CT molecular complexity index is 734. The summed E-state index contributed by atoms with van der Waals surface area (Å²) < 4.78 is 0.433. The monoisotopic (exact) mass is 368 g/mol. The van der Waals surface area contributed by atoms with Crippen molar-refractivity contribution in [1.82, 2.24) is 4.98 Å². The lowest BCUT2D eigenvalue weighted by atomic mass is 10.2. The molecule has 7 heteroatoms. The summed E-state index contributed by atoms with van der Waals surface area (Å²) in [6, 6.07) is 6.08. The molecule has 21 heavy (non-hydrogen) atoms. The SMILES string of the molecule is Cc1cc(Cl)c(C(=O)Nc2ccc(Br)c(C(=O)O)c2)cn1. The molecule has 0 saturated heterocycles. The second-order valence-electron chi connectivity index (χ2n) is 4.26. The van der Waals surface area contributed by atoms with Crippen LogP contribution in [-0.2, 0) is 0 Å². The van der Waals surface area contributed by atoms with E-state index in [0.29, 0.717) is 15.9 Å². The number of rotatable bonds is 3. The van der Waals surface area contributed by atoms with E-state index in [1.807, 2.05) is 0 Å². The van der Waals surface area contributed by atoms with Crippen LogP contribution in [0.15, 0.2) is 34.9 Å². The molecule has 0 radical (unpaired) electrons. The van der Waals surface area contributed by atoms with E-state index in [1.54, 1.807) is 25.1 Å². The molecular weight excluding hydrogens is 360 g/mol.